The SMILES string of the molecule is c1ccc(CN2CCC[C@@H]2c2cccnc2N2CCNCC2)cc1. The molecule has 4 heteroatoms. The second kappa shape index (κ2) is 7.32. The van der Waals surface area contributed by atoms with E-state index in [1.807, 2.05) is 6.20 Å². The molecule has 2 saturated heterocycles. The zero-order valence-corrected chi connectivity index (χ0v) is 14.2. The molecule has 1 N–H and O–H groups in total. The summed E-state index contributed by atoms with van der Waals surface area (Å²) in [6, 6.07) is 15.7. The molecule has 2 aromatic rings. The molecule has 2 aliphatic rings. The third kappa shape index (κ3) is 3.30. The van der Waals surface area contributed by atoms with Crippen molar-refractivity contribution in [3.05, 3.63) is 59.8 Å². The molecule has 24 heavy (non-hydrogen) atoms. The molecule has 0 spiro atoms. The number of likely N-dealkylation sites (tertiary alicyclic amines) is 1. The number of nitrogens with one attached hydrogen (secondary N) is 1. The van der Waals surface area contributed by atoms with Crippen LogP contribution in [0.3, 0.4) is 0 Å². The summed E-state index contributed by atoms with van der Waals surface area (Å²) in [5, 5.41) is 3.44. The lowest BCUT2D eigenvalue weighted by atomic mass is 10.0. The number of anilines is 1. The maximum atomic E-state index is 4.76. The minimum atomic E-state index is 0.490. The Balaban J connectivity index is 1.58. The molecule has 3 heterocycles. The summed E-state index contributed by atoms with van der Waals surface area (Å²) in [5.41, 5.74) is 2.81. The molecular weight excluding hydrogens is 296 g/mol. The molecule has 0 bridgehead atoms. The molecule has 2 aliphatic heterocycles. The molecule has 0 saturated carbocycles. The molecule has 0 radical (unpaired) electrons. The number of rotatable bonds is 4. The highest BCUT2D eigenvalue weighted by atomic mass is 15.2. The molecule has 1 aromatic heterocycles. The van der Waals surface area contributed by atoms with Crippen LogP contribution in [0.15, 0.2) is 48.7 Å². The summed E-state index contributed by atoms with van der Waals surface area (Å²) in [6.07, 6.45) is 4.45. The fourth-order valence-corrected chi connectivity index (χ4v) is 4.00. The lowest BCUT2D eigenvalue weighted by molar-refractivity contribution is 0.248. The maximum absolute atomic E-state index is 4.76. The highest BCUT2D eigenvalue weighted by Gasteiger charge is 2.29. The standard InChI is InChI=1S/C20H26N4/c1-2-6-17(7-3-1)16-24-13-5-9-19(24)18-8-4-10-22-20(18)23-14-11-21-12-15-23/h1-4,6-8,10,19,21H,5,9,11-16H2/t19-/m1/s1. The summed E-state index contributed by atoms with van der Waals surface area (Å²) < 4.78 is 0. The molecule has 4 nitrogen and oxygen atoms in total. The smallest absolute Gasteiger partial charge is 0.133 e. The van der Waals surface area contributed by atoms with Crippen LogP contribution < -0.4 is 10.2 Å². The zero-order chi connectivity index (χ0) is 16.2. The monoisotopic (exact) mass is 322 g/mol. The number of nitrogens with zero attached hydrogens (tertiary/aromatic N) is 3. The van der Waals surface area contributed by atoms with Gasteiger partial charge in [-0.25, -0.2) is 4.98 Å². The van der Waals surface area contributed by atoms with E-state index in [0.29, 0.717) is 6.04 Å². The number of benzene rings is 1. The average molecular weight is 322 g/mol. The number of hydrogen-bond acceptors (Lipinski definition) is 4. The van der Waals surface area contributed by atoms with Crippen LogP contribution in [0.25, 0.3) is 0 Å². The average Bonchev–Trinajstić information content (AvgIpc) is 3.11. The van der Waals surface area contributed by atoms with Gasteiger partial charge in [0.05, 0.1) is 0 Å². The van der Waals surface area contributed by atoms with Crippen molar-refractivity contribution >= 4 is 5.82 Å². The fraction of sp³-hybridized carbons (Fsp3) is 0.450. The first-order valence-electron chi connectivity index (χ1n) is 9.10. The van der Waals surface area contributed by atoms with Crippen LogP contribution in [0.2, 0.25) is 0 Å². The Bertz CT molecular complexity index is 652. The fourth-order valence-electron chi connectivity index (χ4n) is 4.00. The van der Waals surface area contributed by atoms with Crippen molar-refractivity contribution in [3.8, 4) is 0 Å². The first-order valence-corrected chi connectivity index (χ1v) is 9.10. The molecule has 0 amide bonds. The predicted octanol–water partition coefficient (Wildman–Crippen LogP) is 2.83. The number of piperazine rings is 1. The van der Waals surface area contributed by atoms with E-state index in [9.17, 15) is 0 Å². The highest BCUT2D eigenvalue weighted by Crippen LogP contribution is 2.37. The minimum Gasteiger partial charge on any atom is -0.354 e. The second-order valence-corrected chi connectivity index (χ2v) is 6.77. The van der Waals surface area contributed by atoms with E-state index in [1.165, 1.54) is 36.3 Å². The van der Waals surface area contributed by atoms with E-state index < -0.39 is 0 Å². The van der Waals surface area contributed by atoms with Crippen molar-refractivity contribution in [2.45, 2.75) is 25.4 Å². The van der Waals surface area contributed by atoms with Gasteiger partial charge in [0, 0.05) is 50.5 Å². The third-order valence-electron chi connectivity index (χ3n) is 5.18. The van der Waals surface area contributed by atoms with Gasteiger partial charge in [0.2, 0.25) is 0 Å². The van der Waals surface area contributed by atoms with Crippen LogP contribution in [0.1, 0.15) is 30.0 Å². The van der Waals surface area contributed by atoms with Gasteiger partial charge in [-0.3, -0.25) is 4.90 Å². The maximum Gasteiger partial charge on any atom is 0.133 e. The largest absolute Gasteiger partial charge is 0.354 e. The van der Waals surface area contributed by atoms with E-state index in [4.69, 9.17) is 4.98 Å². The third-order valence-corrected chi connectivity index (χ3v) is 5.18. The summed E-state index contributed by atoms with van der Waals surface area (Å²) in [7, 11) is 0. The van der Waals surface area contributed by atoms with Gasteiger partial charge in [-0.05, 0) is 31.0 Å². The van der Waals surface area contributed by atoms with Gasteiger partial charge < -0.3 is 10.2 Å². The quantitative estimate of drug-likeness (QED) is 0.938. The number of pyridine rings is 1. The van der Waals surface area contributed by atoms with Crippen LogP contribution in [-0.2, 0) is 6.54 Å². The van der Waals surface area contributed by atoms with Gasteiger partial charge >= 0.3 is 0 Å². The molecule has 1 atom stereocenters. The van der Waals surface area contributed by atoms with Crippen LogP contribution >= 0.6 is 0 Å². The van der Waals surface area contributed by atoms with Crippen molar-refractivity contribution in [1.29, 1.82) is 0 Å². The van der Waals surface area contributed by atoms with E-state index >= 15 is 0 Å². The number of aromatic nitrogens is 1. The van der Waals surface area contributed by atoms with E-state index in [-0.39, 0.29) is 0 Å². The van der Waals surface area contributed by atoms with Gasteiger partial charge in [0.25, 0.3) is 0 Å². The lowest BCUT2D eigenvalue weighted by Crippen LogP contribution is -2.44. The van der Waals surface area contributed by atoms with E-state index in [2.05, 4.69) is 57.6 Å². The topological polar surface area (TPSA) is 31.4 Å². The van der Waals surface area contributed by atoms with Crippen molar-refractivity contribution in [3.63, 3.8) is 0 Å². The van der Waals surface area contributed by atoms with Gasteiger partial charge in [-0.15, -0.1) is 0 Å². The number of hydrogen-bond donors (Lipinski definition) is 1. The van der Waals surface area contributed by atoms with Crippen molar-refractivity contribution < 1.29 is 0 Å². The molecule has 0 aliphatic carbocycles. The van der Waals surface area contributed by atoms with Crippen LogP contribution in [0, 0.1) is 0 Å². The molecular formula is C20H26N4. The summed E-state index contributed by atoms with van der Waals surface area (Å²) in [4.78, 5) is 9.83. The lowest BCUT2D eigenvalue weighted by Gasteiger charge is -2.33. The Kier molecular flexibility index (Phi) is 4.76. The summed E-state index contributed by atoms with van der Waals surface area (Å²) in [6.45, 7) is 6.41. The minimum absolute atomic E-state index is 0.490. The van der Waals surface area contributed by atoms with Crippen molar-refractivity contribution in [1.82, 2.24) is 15.2 Å². The normalized spacial score (nSPS) is 22.0. The van der Waals surface area contributed by atoms with Gasteiger partial charge in [-0.2, -0.15) is 0 Å². The summed E-state index contributed by atoms with van der Waals surface area (Å²) >= 11 is 0. The molecule has 126 valence electrons. The Labute approximate surface area is 144 Å². The van der Waals surface area contributed by atoms with Crippen LogP contribution in [-0.4, -0.2) is 42.6 Å². The Morgan fingerprint density at radius 3 is 2.67 bits per heavy atom. The predicted molar refractivity (Wildman–Crippen MR) is 98.1 cm³/mol. The molecule has 0 unspecified atom stereocenters. The van der Waals surface area contributed by atoms with Crippen LogP contribution in [0.5, 0.6) is 0 Å². The molecule has 4 rings (SSSR count). The highest BCUT2D eigenvalue weighted by molar-refractivity contribution is 5.49. The van der Waals surface area contributed by atoms with E-state index in [1.54, 1.807) is 0 Å². The molecule has 2 fully saturated rings. The summed E-state index contributed by atoms with van der Waals surface area (Å²) in [5.74, 6) is 1.20. The van der Waals surface area contributed by atoms with Gasteiger partial charge in [0.15, 0.2) is 0 Å². The first-order chi connectivity index (χ1) is 11.9. The first kappa shape index (κ1) is 15.6. The Hall–Kier alpha value is -1.91. The van der Waals surface area contributed by atoms with Gasteiger partial charge in [-0.1, -0.05) is 36.4 Å². The van der Waals surface area contributed by atoms with Gasteiger partial charge in [0.1, 0.15) is 5.82 Å². The Morgan fingerprint density at radius 1 is 1.00 bits per heavy atom. The molecule has 1 aromatic carbocycles. The second-order valence-electron chi connectivity index (χ2n) is 6.77. The van der Waals surface area contributed by atoms with Crippen LogP contribution in [0.4, 0.5) is 5.82 Å². The van der Waals surface area contributed by atoms with Crippen molar-refractivity contribution in [2.75, 3.05) is 37.6 Å². The Morgan fingerprint density at radius 2 is 1.83 bits per heavy atom. The zero-order valence-electron chi connectivity index (χ0n) is 14.2. The van der Waals surface area contributed by atoms with E-state index in [0.717, 1.165) is 32.7 Å². The van der Waals surface area contributed by atoms with Crippen molar-refractivity contribution in [2.24, 2.45) is 0 Å².